The van der Waals surface area contributed by atoms with Crippen molar-refractivity contribution in [1.82, 2.24) is 24.8 Å². The van der Waals surface area contributed by atoms with Gasteiger partial charge in [0.2, 0.25) is 0 Å². The first-order valence-electron chi connectivity index (χ1n) is 9.32. The Labute approximate surface area is 167 Å². The van der Waals surface area contributed by atoms with Crippen molar-refractivity contribution >= 4 is 23.2 Å². The molecule has 2 aromatic heterocycles. The lowest BCUT2D eigenvalue weighted by molar-refractivity contribution is 0.0938. The third-order valence-corrected chi connectivity index (χ3v) is 5.50. The molecule has 1 saturated heterocycles. The van der Waals surface area contributed by atoms with E-state index < -0.39 is 0 Å². The highest BCUT2D eigenvalue weighted by Crippen LogP contribution is 2.32. The molecule has 0 bridgehead atoms. The van der Waals surface area contributed by atoms with Crippen LogP contribution >= 0.6 is 11.6 Å². The van der Waals surface area contributed by atoms with Crippen molar-refractivity contribution in [3.63, 3.8) is 0 Å². The number of hydrogen-bond donors (Lipinski definition) is 1. The largest absolute Gasteiger partial charge is 0.350 e. The van der Waals surface area contributed by atoms with Crippen molar-refractivity contribution in [1.29, 1.82) is 0 Å². The number of amides is 1. The van der Waals surface area contributed by atoms with Gasteiger partial charge in [-0.15, -0.1) is 0 Å². The average molecular weight is 402 g/mol. The summed E-state index contributed by atoms with van der Waals surface area (Å²) in [5, 5.41) is 7.65. The predicted octanol–water partition coefficient (Wildman–Crippen LogP) is 3.40. The Morgan fingerprint density at radius 2 is 2.11 bits per heavy atom. The molecule has 1 fully saturated rings. The molecule has 146 valence electrons. The molecule has 4 rings (SSSR count). The normalized spacial score (nSPS) is 15.8. The zero-order valence-corrected chi connectivity index (χ0v) is 16.3. The maximum atomic E-state index is 14.6. The summed E-state index contributed by atoms with van der Waals surface area (Å²) in [6, 6.07) is 6.12. The number of hydrogen-bond acceptors (Lipinski definition) is 4. The summed E-state index contributed by atoms with van der Waals surface area (Å²) >= 11 is 6.32. The molecular formula is C20H21ClFN5O. The lowest BCUT2D eigenvalue weighted by Crippen LogP contribution is -2.37. The molecule has 8 heteroatoms. The van der Waals surface area contributed by atoms with Crippen LogP contribution in [-0.2, 0) is 0 Å². The Kier molecular flexibility index (Phi) is 5.28. The molecule has 3 heterocycles. The van der Waals surface area contributed by atoms with E-state index in [4.69, 9.17) is 11.6 Å². The molecule has 6 nitrogen and oxygen atoms in total. The first-order chi connectivity index (χ1) is 13.6. The van der Waals surface area contributed by atoms with E-state index in [1.54, 1.807) is 42.0 Å². The van der Waals surface area contributed by atoms with Crippen LogP contribution in [-0.4, -0.2) is 45.0 Å². The molecule has 0 spiro atoms. The van der Waals surface area contributed by atoms with Crippen molar-refractivity contribution < 1.29 is 9.18 Å². The van der Waals surface area contributed by atoms with Gasteiger partial charge in [-0.3, -0.25) is 9.69 Å². The van der Waals surface area contributed by atoms with Crippen molar-refractivity contribution in [2.45, 2.75) is 25.8 Å². The smallest absolute Gasteiger partial charge is 0.257 e. The molecule has 1 aromatic carbocycles. The van der Waals surface area contributed by atoms with Crippen LogP contribution < -0.4 is 5.32 Å². The maximum absolute atomic E-state index is 14.6. The number of benzene rings is 1. The molecular weight excluding hydrogens is 381 g/mol. The molecule has 0 saturated carbocycles. The van der Waals surface area contributed by atoms with Gasteiger partial charge in [-0.05, 0) is 51.1 Å². The van der Waals surface area contributed by atoms with Crippen LogP contribution in [0.25, 0.3) is 5.65 Å². The van der Waals surface area contributed by atoms with E-state index in [-0.39, 0.29) is 24.3 Å². The third kappa shape index (κ3) is 3.47. The summed E-state index contributed by atoms with van der Waals surface area (Å²) in [6.07, 6.45) is 5.47. The Balaban J connectivity index is 1.61. The standard InChI is InChI=1S/C20H21ClFN5O/c1-13-17(19-23-8-5-11-27(19)25-13)20(28)24-12-16(26-9-2-3-10-26)18-14(21)6-4-7-15(18)22/h4-8,11,16H,2-3,9-10,12H2,1H3,(H,24,28). The Bertz CT molecular complexity index is 995. The fraction of sp³-hybridized carbons (Fsp3) is 0.350. The van der Waals surface area contributed by atoms with Crippen molar-refractivity contribution in [3.8, 4) is 0 Å². The van der Waals surface area contributed by atoms with Gasteiger partial charge in [0.1, 0.15) is 11.4 Å². The third-order valence-electron chi connectivity index (χ3n) is 5.17. The van der Waals surface area contributed by atoms with Crippen LogP contribution in [0.3, 0.4) is 0 Å². The molecule has 1 atom stereocenters. The molecule has 1 amide bonds. The number of halogens is 2. The summed E-state index contributed by atoms with van der Waals surface area (Å²) in [5.74, 6) is -0.629. The number of fused-ring (bicyclic) bond motifs is 1. The summed E-state index contributed by atoms with van der Waals surface area (Å²) in [5.41, 5.74) is 1.96. The van der Waals surface area contributed by atoms with Gasteiger partial charge in [0.05, 0.1) is 11.7 Å². The number of rotatable bonds is 5. The SMILES string of the molecule is Cc1nn2cccnc2c1C(=O)NCC(c1c(F)cccc1Cl)N1CCCC1. The fourth-order valence-electron chi connectivity index (χ4n) is 3.84. The number of carbonyl (C=O) groups excluding carboxylic acids is 1. The minimum absolute atomic E-state index is 0.253. The molecule has 0 aliphatic carbocycles. The highest BCUT2D eigenvalue weighted by atomic mass is 35.5. The fourth-order valence-corrected chi connectivity index (χ4v) is 4.13. The molecule has 28 heavy (non-hydrogen) atoms. The van der Waals surface area contributed by atoms with Crippen LogP contribution in [0.1, 0.15) is 40.5 Å². The Morgan fingerprint density at radius 3 is 2.86 bits per heavy atom. The second-order valence-corrected chi connectivity index (χ2v) is 7.36. The van der Waals surface area contributed by atoms with E-state index in [0.717, 1.165) is 25.9 Å². The molecule has 1 unspecified atom stereocenters. The Hall–Kier alpha value is -2.51. The number of nitrogens with one attached hydrogen (secondary N) is 1. The van der Waals surface area contributed by atoms with Crippen LogP contribution in [0, 0.1) is 12.7 Å². The first-order valence-corrected chi connectivity index (χ1v) is 9.70. The lowest BCUT2D eigenvalue weighted by atomic mass is 10.0. The summed E-state index contributed by atoms with van der Waals surface area (Å²) in [4.78, 5) is 19.3. The van der Waals surface area contributed by atoms with Crippen LogP contribution in [0.5, 0.6) is 0 Å². The van der Waals surface area contributed by atoms with E-state index >= 15 is 0 Å². The van der Waals surface area contributed by atoms with Gasteiger partial charge in [-0.1, -0.05) is 17.7 Å². The maximum Gasteiger partial charge on any atom is 0.257 e. The van der Waals surface area contributed by atoms with Gasteiger partial charge >= 0.3 is 0 Å². The van der Waals surface area contributed by atoms with E-state index in [1.807, 2.05) is 0 Å². The van der Waals surface area contributed by atoms with Gasteiger partial charge < -0.3 is 5.32 Å². The molecule has 0 radical (unpaired) electrons. The summed E-state index contributed by atoms with van der Waals surface area (Å²) in [6.45, 7) is 3.73. The van der Waals surface area contributed by atoms with Gasteiger partial charge in [0.15, 0.2) is 5.65 Å². The van der Waals surface area contributed by atoms with E-state index in [0.29, 0.717) is 27.5 Å². The molecule has 1 aliphatic heterocycles. The van der Waals surface area contributed by atoms with Gasteiger partial charge in [-0.2, -0.15) is 5.10 Å². The molecule has 1 N–H and O–H groups in total. The van der Waals surface area contributed by atoms with Crippen molar-refractivity contribution in [2.75, 3.05) is 19.6 Å². The lowest BCUT2D eigenvalue weighted by Gasteiger charge is -2.29. The zero-order valence-electron chi connectivity index (χ0n) is 15.5. The molecule has 1 aliphatic rings. The minimum atomic E-state index is -0.354. The van der Waals surface area contributed by atoms with Crippen LogP contribution in [0.15, 0.2) is 36.7 Å². The summed E-state index contributed by atoms with van der Waals surface area (Å²) < 4.78 is 16.2. The quantitative estimate of drug-likeness (QED) is 0.711. The van der Waals surface area contributed by atoms with Crippen molar-refractivity contribution in [3.05, 3.63) is 64.3 Å². The number of likely N-dealkylation sites (tertiary alicyclic amines) is 1. The van der Waals surface area contributed by atoms with E-state index in [2.05, 4.69) is 20.3 Å². The summed E-state index contributed by atoms with van der Waals surface area (Å²) in [7, 11) is 0. The number of aryl methyl sites for hydroxylation is 1. The topological polar surface area (TPSA) is 62.5 Å². The monoisotopic (exact) mass is 401 g/mol. The average Bonchev–Trinajstić information content (AvgIpc) is 3.30. The zero-order chi connectivity index (χ0) is 19.7. The number of nitrogens with zero attached hydrogens (tertiary/aromatic N) is 4. The first kappa shape index (κ1) is 18.8. The van der Waals surface area contributed by atoms with E-state index in [1.165, 1.54) is 6.07 Å². The minimum Gasteiger partial charge on any atom is -0.350 e. The highest BCUT2D eigenvalue weighted by molar-refractivity contribution is 6.31. The van der Waals surface area contributed by atoms with E-state index in [9.17, 15) is 9.18 Å². The van der Waals surface area contributed by atoms with Crippen molar-refractivity contribution in [2.24, 2.45) is 0 Å². The predicted molar refractivity (Wildman–Crippen MR) is 105 cm³/mol. The number of carbonyl (C=O) groups is 1. The second kappa shape index (κ2) is 7.85. The second-order valence-electron chi connectivity index (χ2n) is 6.95. The van der Waals surface area contributed by atoms with Crippen LogP contribution in [0.4, 0.5) is 4.39 Å². The highest BCUT2D eigenvalue weighted by Gasteiger charge is 2.29. The van der Waals surface area contributed by atoms with Gasteiger partial charge in [0, 0.05) is 29.5 Å². The van der Waals surface area contributed by atoms with Gasteiger partial charge in [-0.25, -0.2) is 13.9 Å². The molecule has 3 aromatic rings. The Morgan fingerprint density at radius 1 is 1.32 bits per heavy atom. The van der Waals surface area contributed by atoms with Crippen LogP contribution in [0.2, 0.25) is 5.02 Å². The number of aromatic nitrogens is 3. The van der Waals surface area contributed by atoms with Gasteiger partial charge in [0.25, 0.3) is 5.91 Å².